The highest BCUT2D eigenvalue weighted by atomic mass is 16.3. The van der Waals surface area contributed by atoms with Crippen LogP contribution in [-0.4, -0.2) is 4.98 Å². The van der Waals surface area contributed by atoms with Crippen LogP contribution in [0.4, 0.5) is 0 Å². The fourth-order valence-electron chi connectivity index (χ4n) is 5.65. The van der Waals surface area contributed by atoms with E-state index in [0.717, 1.165) is 81.0 Å². The molecule has 0 bridgehead atoms. The summed E-state index contributed by atoms with van der Waals surface area (Å²) in [6.07, 6.45) is 7.37. The zero-order valence-electron chi connectivity index (χ0n) is 20.6. The first-order chi connectivity index (χ1) is 17.7. The van der Waals surface area contributed by atoms with Gasteiger partial charge in [0.1, 0.15) is 11.2 Å². The number of pyridine rings is 1. The molecule has 0 N–H and O–H groups in total. The molecule has 6 aromatic rings. The van der Waals surface area contributed by atoms with Gasteiger partial charge in [0.15, 0.2) is 0 Å². The van der Waals surface area contributed by atoms with Gasteiger partial charge in [-0.15, -0.1) is 0 Å². The van der Waals surface area contributed by atoms with Crippen molar-refractivity contribution in [3.8, 4) is 22.4 Å². The van der Waals surface area contributed by atoms with Gasteiger partial charge in [0.05, 0.1) is 5.69 Å². The minimum absolute atomic E-state index is 0.429. The number of rotatable bonds is 3. The molecule has 2 nitrogen and oxygen atoms in total. The molecular weight excluding hydrogens is 426 g/mol. The second kappa shape index (κ2) is 8.39. The van der Waals surface area contributed by atoms with E-state index in [-0.39, 0.29) is 0 Å². The maximum absolute atomic E-state index is 8.94. The zero-order chi connectivity index (χ0) is 24.1. The fourth-order valence-corrected chi connectivity index (χ4v) is 5.65. The molecule has 2 heterocycles. The molecule has 0 amide bonds. The molecule has 0 atom stereocenters. The third-order valence-electron chi connectivity index (χ3n) is 7.51. The second-order valence-electron chi connectivity index (χ2n) is 9.62. The van der Waals surface area contributed by atoms with Crippen LogP contribution in [0.5, 0.6) is 0 Å². The predicted octanol–water partition coefficient (Wildman–Crippen LogP) is 9.52. The van der Waals surface area contributed by atoms with Gasteiger partial charge in [-0.3, -0.25) is 4.98 Å². The molecule has 35 heavy (non-hydrogen) atoms. The van der Waals surface area contributed by atoms with Crippen molar-refractivity contribution in [2.75, 3.05) is 0 Å². The summed E-state index contributed by atoms with van der Waals surface area (Å²) >= 11 is 0. The Kier molecular flexibility index (Phi) is 4.65. The minimum atomic E-state index is -0.429. The molecule has 1 saturated carbocycles. The number of nitrogens with zero attached hydrogens (tertiary/aromatic N) is 1. The third-order valence-corrected chi connectivity index (χ3v) is 7.51. The quantitative estimate of drug-likeness (QED) is 0.266. The fraction of sp³-hybridized carbons (Fsp3) is 0.182. The normalized spacial score (nSPS) is 16.1. The molecule has 0 aliphatic heterocycles. The van der Waals surface area contributed by atoms with Gasteiger partial charge in [-0.25, -0.2) is 0 Å². The van der Waals surface area contributed by atoms with E-state index in [1.807, 2.05) is 6.20 Å². The van der Waals surface area contributed by atoms with E-state index in [0.29, 0.717) is 0 Å². The molecule has 1 aliphatic carbocycles. The van der Waals surface area contributed by atoms with E-state index >= 15 is 0 Å². The maximum Gasteiger partial charge on any atom is 0.144 e. The van der Waals surface area contributed by atoms with Crippen LogP contribution in [0.1, 0.15) is 44.9 Å². The van der Waals surface area contributed by atoms with Crippen LogP contribution < -0.4 is 0 Å². The molecule has 0 saturated heterocycles. The molecule has 1 aliphatic rings. The lowest BCUT2D eigenvalue weighted by molar-refractivity contribution is 0.443. The van der Waals surface area contributed by atoms with Crippen molar-refractivity contribution in [3.63, 3.8) is 0 Å². The molecule has 2 aromatic heterocycles. The lowest BCUT2D eigenvalue weighted by Crippen LogP contribution is -2.04. The van der Waals surface area contributed by atoms with Gasteiger partial charge >= 0.3 is 0 Å². The maximum atomic E-state index is 8.94. The van der Waals surface area contributed by atoms with Gasteiger partial charge in [0, 0.05) is 29.3 Å². The molecule has 2 heteroatoms. The molecule has 170 valence electrons. The van der Waals surface area contributed by atoms with Crippen molar-refractivity contribution in [3.05, 3.63) is 103 Å². The monoisotopic (exact) mass is 454 g/mol. The Hall–Kier alpha value is -3.91. The first kappa shape index (κ1) is 19.4. The lowest BCUT2D eigenvalue weighted by Gasteiger charge is -2.22. The smallest absolute Gasteiger partial charge is 0.144 e. The number of benzene rings is 4. The number of hydrogen-bond acceptors (Lipinski definition) is 2. The van der Waals surface area contributed by atoms with Crippen molar-refractivity contribution in [1.29, 1.82) is 0 Å². The molecular formula is C33H27NO. The molecule has 0 spiro atoms. The summed E-state index contributed by atoms with van der Waals surface area (Å²) < 4.78 is 15.5. The van der Waals surface area contributed by atoms with Gasteiger partial charge in [-0.2, -0.15) is 0 Å². The van der Waals surface area contributed by atoms with Crippen molar-refractivity contribution < 1.29 is 5.79 Å². The minimum Gasteiger partial charge on any atom is -0.455 e. The first-order valence-corrected chi connectivity index (χ1v) is 12.6. The van der Waals surface area contributed by atoms with Gasteiger partial charge in [-0.05, 0) is 65.1 Å². The highest BCUT2D eigenvalue weighted by Gasteiger charge is 2.17. The van der Waals surface area contributed by atoms with E-state index in [4.69, 9.17) is 10.8 Å². The molecule has 1 fully saturated rings. The number of fused-ring (bicyclic) bond motifs is 5. The van der Waals surface area contributed by atoms with Crippen LogP contribution in [0.15, 0.2) is 102 Å². The second-order valence-corrected chi connectivity index (χ2v) is 9.62. The van der Waals surface area contributed by atoms with E-state index < -0.39 is 5.89 Å². The Labute approximate surface area is 206 Å². The van der Waals surface area contributed by atoms with Crippen molar-refractivity contribution in [1.82, 2.24) is 4.98 Å². The third kappa shape index (κ3) is 3.52. The molecule has 4 aromatic carbocycles. The van der Waals surface area contributed by atoms with E-state index in [1.165, 1.54) is 11.8 Å². The van der Waals surface area contributed by atoms with Crippen molar-refractivity contribution in [2.45, 2.75) is 38.0 Å². The van der Waals surface area contributed by atoms with E-state index in [9.17, 15) is 0 Å². The molecule has 7 rings (SSSR count). The van der Waals surface area contributed by atoms with Gasteiger partial charge in [-0.1, -0.05) is 86.0 Å². The van der Waals surface area contributed by atoms with Gasteiger partial charge in [0.25, 0.3) is 0 Å². The summed E-state index contributed by atoms with van der Waals surface area (Å²) in [6.45, 7) is 0. The highest BCUT2D eigenvalue weighted by molar-refractivity contribution is 6.17. The van der Waals surface area contributed by atoms with Gasteiger partial charge in [0.2, 0.25) is 0 Å². The Morgan fingerprint density at radius 1 is 0.686 bits per heavy atom. The summed E-state index contributed by atoms with van der Waals surface area (Å²) in [6, 6.07) is 31.8. The summed E-state index contributed by atoms with van der Waals surface area (Å²) in [5.74, 6) is -0.429. The van der Waals surface area contributed by atoms with Crippen LogP contribution in [0, 0.1) is 0 Å². The van der Waals surface area contributed by atoms with Crippen LogP contribution in [-0.2, 0) is 0 Å². The van der Waals surface area contributed by atoms with Crippen LogP contribution in [0.25, 0.3) is 55.1 Å². The van der Waals surface area contributed by atoms with Crippen molar-refractivity contribution in [2.24, 2.45) is 0 Å². The van der Waals surface area contributed by atoms with Crippen LogP contribution in [0.3, 0.4) is 0 Å². The number of aromatic nitrogens is 1. The van der Waals surface area contributed by atoms with Crippen LogP contribution in [0.2, 0.25) is 0 Å². The molecule has 0 radical (unpaired) electrons. The predicted molar refractivity (Wildman–Crippen MR) is 146 cm³/mol. The Bertz CT molecular complexity index is 1720. The standard InChI is InChI=1S/C33H27NO/c1-2-7-22(8-3-1)23-13-15-24(16-14-23)26-19-20-34-31(21-26)30-12-6-11-28-29-18-17-25-9-4-5-10-27(25)32(29)35-33(28)30/h4-6,9-22H,1-3,7-8H2/i22D. The topological polar surface area (TPSA) is 26.0 Å². The Morgan fingerprint density at radius 2 is 1.49 bits per heavy atom. The number of hydrogen-bond donors (Lipinski definition) is 0. The summed E-state index contributed by atoms with van der Waals surface area (Å²) in [4.78, 5) is 4.73. The first-order valence-electron chi connectivity index (χ1n) is 13.1. The zero-order valence-corrected chi connectivity index (χ0v) is 19.6. The van der Waals surface area contributed by atoms with Gasteiger partial charge < -0.3 is 4.42 Å². The van der Waals surface area contributed by atoms with Crippen molar-refractivity contribution >= 4 is 32.7 Å². The summed E-state index contributed by atoms with van der Waals surface area (Å²) in [5, 5.41) is 4.54. The number of para-hydroxylation sites is 1. The molecule has 0 unspecified atom stereocenters. The largest absolute Gasteiger partial charge is 0.455 e. The van der Waals surface area contributed by atoms with Crippen LogP contribution >= 0.6 is 0 Å². The lowest BCUT2D eigenvalue weighted by atomic mass is 9.84. The average molecular weight is 455 g/mol. The SMILES string of the molecule is [2H]C1(c2ccc(-c3ccnc(-c4cccc5c4oc4c6ccccc6ccc54)c3)cc2)CCCCC1. The number of furan rings is 1. The highest BCUT2D eigenvalue weighted by Crippen LogP contribution is 2.39. The summed E-state index contributed by atoms with van der Waals surface area (Å²) in [7, 11) is 0. The average Bonchev–Trinajstić information content (AvgIpc) is 3.33. The van der Waals surface area contributed by atoms with E-state index in [2.05, 4.69) is 91.0 Å². The summed E-state index contributed by atoms with van der Waals surface area (Å²) in [5.41, 5.74) is 7.09. The Balaban J connectivity index is 1.31. The van der Waals surface area contributed by atoms with E-state index in [1.54, 1.807) is 0 Å². The Morgan fingerprint density at radius 3 is 2.37 bits per heavy atom.